The normalized spacial score (nSPS) is 11.4. The Morgan fingerprint density at radius 2 is 2.03 bits per heavy atom. The van der Waals surface area contributed by atoms with Gasteiger partial charge in [-0.1, -0.05) is 6.07 Å². The molecular weight excluding hydrogens is 457 g/mol. The van der Waals surface area contributed by atoms with Crippen LogP contribution in [0, 0.1) is 0 Å². The van der Waals surface area contributed by atoms with Crippen LogP contribution in [0.4, 0.5) is 24.0 Å². The monoisotopic (exact) mass is 478 g/mol. The van der Waals surface area contributed by atoms with Gasteiger partial charge in [-0.25, -0.2) is 10.4 Å². The quantitative estimate of drug-likeness (QED) is 0.334. The Morgan fingerprint density at radius 1 is 1.21 bits per heavy atom. The van der Waals surface area contributed by atoms with Crippen LogP contribution in [-0.4, -0.2) is 30.8 Å². The molecule has 0 aliphatic rings. The van der Waals surface area contributed by atoms with Crippen LogP contribution in [0.25, 0.3) is 0 Å². The zero-order valence-electron chi connectivity index (χ0n) is 17.8. The third kappa shape index (κ3) is 6.94. The predicted octanol–water partition coefficient (Wildman–Crippen LogP) is 5.01. The average molecular weight is 478 g/mol. The minimum Gasteiger partial charge on any atom is -0.493 e. The maximum atomic E-state index is 12.8. The number of halogens is 3. The number of hydrazone groups is 1. The Hall–Kier alpha value is -3.60. The first-order valence-electron chi connectivity index (χ1n) is 9.80. The van der Waals surface area contributed by atoms with E-state index in [1.807, 2.05) is 6.92 Å². The largest absolute Gasteiger partial charge is 0.493 e. The van der Waals surface area contributed by atoms with Crippen molar-refractivity contribution in [2.75, 3.05) is 19.0 Å². The molecule has 0 aliphatic heterocycles. The van der Waals surface area contributed by atoms with Crippen LogP contribution >= 0.6 is 11.3 Å². The van der Waals surface area contributed by atoms with Gasteiger partial charge in [0.25, 0.3) is 0 Å². The van der Waals surface area contributed by atoms with Gasteiger partial charge in [-0.05, 0) is 48.9 Å². The second-order valence-electron chi connectivity index (χ2n) is 6.66. The molecular formula is C22H21F3N4O3S. The van der Waals surface area contributed by atoms with Crippen LogP contribution in [0.5, 0.6) is 11.5 Å². The summed E-state index contributed by atoms with van der Waals surface area (Å²) >= 11 is 1.18. The number of hydrogen-bond donors (Lipinski definition) is 2. The lowest BCUT2D eigenvalue weighted by molar-refractivity contribution is -0.137. The number of aromatic nitrogens is 1. The molecule has 33 heavy (non-hydrogen) atoms. The molecule has 0 unspecified atom stereocenters. The van der Waals surface area contributed by atoms with E-state index in [9.17, 15) is 18.0 Å². The molecule has 0 atom stereocenters. The number of carbonyl (C=O) groups excluding carboxylic acids is 1. The highest BCUT2D eigenvalue weighted by Crippen LogP contribution is 2.32. The van der Waals surface area contributed by atoms with Crippen molar-refractivity contribution in [3.05, 3.63) is 64.7 Å². The lowest BCUT2D eigenvalue weighted by atomic mass is 10.2. The first-order chi connectivity index (χ1) is 15.8. The van der Waals surface area contributed by atoms with Gasteiger partial charge in [-0.2, -0.15) is 18.3 Å². The standard InChI is InChI=1S/C22H21F3N4O3S/c1-3-32-18-8-7-14(9-19(18)31-2)12-26-29-20(30)11-17-13-33-21(28-17)27-16-6-4-5-15(10-16)22(23,24)25/h4-10,12-13H,3,11H2,1-2H3,(H,27,28)(H,29,30)/b26-12-. The van der Waals surface area contributed by atoms with Crippen LogP contribution in [0.3, 0.4) is 0 Å². The molecule has 1 heterocycles. The van der Waals surface area contributed by atoms with Crippen molar-refractivity contribution in [2.24, 2.45) is 5.10 Å². The third-order valence-corrected chi connectivity index (χ3v) is 5.03. The zero-order valence-corrected chi connectivity index (χ0v) is 18.6. The van der Waals surface area contributed by atoms with Gasteiger partial charge in [-0.15, -0.1) is 11.3 Å². The Balaban J connectivity index is 1.55. The highest BCUT2D eigenvalue weighted by molar-refractivity contribution is 7.13. The van der Waals surface area contributed by atoms with Crippen molar-refractivity contribution in [1.82, 2.24) is 10.4 Å². The summed E-state index contributed by atoms with van der Waals surface area (Å²) in [7, 11) is 1.53. The van der Waals surface area contributed by atoms with Gasteiger partial charge in [0.1, 0.15) is 0 Å². The van der Waals surface area contributed by atoms with Crippen LogP contribution < -0.4 is 20.2 Å². The number of rotatable bonds is 9. The summed E-state index contributed by atoms with van der Waals surface area (Å²) < 4.78 is 49.3. The molecule has 0 saturated carbocycles. The Labute approximate surface area is 192 Å². The first kappa shape index (κ1) is 24.1. The van der Waals surface area contributed by atoms with Gasteiger partial charge < -0.3 is 14.8 Å². The molecule has 1 amide bonds. The second-order valence-corrected chi connectivity index (χ2v) is 7.52. The summed E-state index contributed by atoms with van der Waals surface area (Å²) in [4.78, 5) is 16.4. The SMILES string of the molecule is CCOc1ccc(/C=N\NC(=O)Cc2csc(Nc3cccc(C(F)(F)F)c3)n2)cc1OC. The van der Waals surface area contributed by atoms with E-state index >= 15 is 0 Å². The van der Waals surface area contributed by atoms with E-state index in [-0.39, 0.29) is 18.0 Å². The Kier molecular flexibility index (Phi) is 7.88. The number of thiazole rings is 1. The van der Waals surface area contributed by atoms with Crippen molar-refractivity contribution in [3.8, 4) is 11.5 Å². The third-order valence-electron chi connectivity index (χ3n) is 4.22. The Bertz CT molecular complexity index is 1130. The molecule has 0 aliphatic carbocycles. The molecule has 7 nitrogen and oxygen atoms in total. The van der Waals surface area contributed by atoms with Gasteiger partial charge in [0.2, 0.25) is 5.91 Å². The highest BCUT2D eigenvalue weighted by Gasteiger charge is 2.30. The Morgan fingerprint density at radius 3 is 2.76 bits per heavy atom. The van der Waals surface area contributed by atoms with Crippen molar-refractivity contribution in [1.29, 1.82) is 0 Å². The van der Waals surface area contributed by atoms with Crippen molar-refractivity contribution >= 4 is 34.3 Å². The first-order valence-corrected chi connectivity index (χ1v) is 10.7. The summed E-state index contributed by atoms with van der Waals surface area (Å²) in [5.41, 5.74) is 3.08. The number of ether oxygens (including phenoxy) is 2. The fraction of sp³-hybridized carbons (Fsp3) is 0.227. The van der Waals surface area contributed by atoms with E-state index in [2.05, 4.69) is 20.8 Å². The number of methoxy groups -OCH3 is 1. The van der Waals surface area contributed by atoms with E-state index < -0.39 is 11.7 Å². The molecule has 0 radical (unpaired) electrons. The lowest BCUT2D eigenvalue weighted by Crippen LogP contribution is -2.19. The van der Waals surface area contributed by atoms with Crippen LogP contribution in [0.15, 0.2) is 52.9 Å². The molecule has 2 N–H and O–H groups in total. The minimum absolute atomic E-state index is 0.0370. The fourth-order valence-electron chi connectivity index (χ4n) is 2.76. The van der Waals surface area contributed by atoms with Gasteiger partial charge in [-0.3, -0.25) is 4.79 Å². The predicted molar refractivity (Wildman–Crippen MR) is 120 cm³/mol. The van der Waals surface area contributed by atoms with E-state index in [4.69, 9.17) is 9.47 Å². The average Bonchev–Trinajstić information content (AvgIpc) is 3.21. The van der Waals surface area contributed by atoms with Crippen LogP contribution in [-0.2, 0) is 17.4 Å². The molecule has 174 valence electrons. The number of amides is 1. The highest BCUT2D eigenvalue weighted by atomic mass is 32.1. The maximum Gasteiger partial charge on any atom is 0.416 e. The van der Waals surface area contributed by atoms with Gasteiger partial charge in [0.15, 0.2) is 16.6 Å². The number of hydrogen-bond acceptors (Lipinski definition) is 7. The van der Waals surface area contributed by atoms with Crippen LogP contribution in [0.2, 0.25) is 0 Å². The minimum atomic E-state index is -4.43. The molecule has 3 rings (SSSR count). The smallest absolute Gasteiger partial charge is 0.416 e. The number of anilines is 2. The molecule has 0 fully saturated rings. The molecule has 2 aromatic carbocycles. The second kappa shape index (κ2) is 10.8. The van der Waals surface area contributed by atoms with Crippen molar-refractivity contribution in [2.45, 2.75) is 19.5 Å². The number of alkyl halides is 3. The number of nitrogens with zero attached hydrogens (tertiary/aromatic N) is 2. The van der Waals surface area contributed by atoms with Crippen molar-refractivity contribution < 1.29 is 27.4 Å². The molecule has 0 saturated heterocycles. The maximum absolute atomic E-state index is 12.8. The summed E-state index contributed by atoms with van der Waals surface area (Å²) in [5.74, 6) is 0.773. The molecule has 1 aromatic heterocycles. The van der Waals surface area contributed by atoms with Crippen LogP contribution in [0.1, 0.15) is 23.7 Å². The van der Waals surface area contributed by atoms with Gasteiger partial charge in [0, 0.05) is 11.1 Å². The fourth-order valence-corrected chi connectivity index (χ4v) is 3.49. The molecule has 0 spiro atoms. The summed E-state index contributed by atoms with van der Waals surface area (Å²) in [5, 5.41) is 8.78. The molecule has 11 heteroatoms. The van der Waals surface area contributed by atoms with E-state index in [0.29, 0.717) is 34.5 Å². The number of nitrogens with one attached hydrogen (secondary N) is 2. The topological polar surface area (TPSA) is 84.8 Å². The van der Waals surface area contributed by atoms with Gasteiger partial charge in [0.05, 0.1) is 37.6 Å². The summed E-state index contributed by atoms with van der Waals surface area (Å²) in [6, 6.07) is 10.1. The summed E-state index contributed by atoms with van der Waals surface area (Å²) in [6.07, 6.45) is -3.00. The van der Waals surface area contributed by atoms with Crippen molar-refractivity contribution in [3.63, 3.8) is 0 Å². The number of carbonyl (C=O) groups is 1. The molecule has 0 bridgehead atoms. The van der Waals surface area contributed by atoms with E-state index in [0.717, 1.165) is 12.1 Å². The lowest BCUT2D eigenvalue weighted by Gasteiger charge is -2.09. The zero-order chi connectivity index (χ0) is 23.8. The van der Waals surface area contributed by atoms with E-state index in [1.165, 1.54) is 36.8 Å². The van der Waals surface area contributed by atoms with E-state index in [1.54, 1.807) is 23.6 Å². The summed E-state index contributed by atoms with van der Waals surface area (Å²) in [6.45, 7) is 2.38. The van der Waals surface area contributed by atoms with Gasteiger partial charge >= 0.3 is 6.18 Å². The number of benzene rings is 2. The molecule has 3 aromatic rings.